The smallest absolute Gasteiger partial charge is 0.277 e. The Hall–Kier alpha value is -2.34. The van der Waals surface area contributed by atoms with Gasteiger partial charge in [0.1, 0.15) is 11.4 Å². The van der Waals surface area contributed by atoms with Crippen LogP contribution in [0.25, 0.3) is 5.57 Å². The first-order valence-corrected chi connectivity index (χ1v) is 7.62. The summed E-state index contributed by atoms with van der Waals surface area (Å²) in [5.41, 5.74) is 1.23. The number of carbonyl (C=O) groups is 2. The summed E-state index contributed by atoms with van der Waals surface area (Å²) in [6, 6.07) is 7.13. The molecule has 1 aliphatic heterocycles. The third kappa shape index (κ3) is 3.07. The number of aliphatic hydroxyl groups excluding tert-OH is 1. The number of methoxy groups -OCH3 is 1. The zero-order valence-corrected chi connectivity index (χ0v) is 13.7. The molecule has 0 fully saturated rings. The number of amides is 2. The van der Waals surface area contributed by atoms with Gasteiger partial charge in [0, 0.05) is 25.7 Å². The second-order valence-electron chi connectivity index (χ2n) is 5.33. The summed E-state index contributed by atoms with van der Waals surface area (Å²) >= 11 is 0. The second-order valence-corrected chi connectivity index (χ2v) is 5.33. The Kier molecular flexibility index (Phi) is 5.39. The molecule has 0 aromatic heterocycles. The Labute approximate surface area is 136 Å². The lowest BCUT2D eigenvalue weighted by Gasteiger charge is -2.20. The largest absolute Gasteiger partial charge is 0.496 e. The maximum absolute atomic E-state index is 12.8. The predicted molar refractivity (Wildman–Crippen MR) is 86.6 cm³/mol. The molecule has 2 amide bonds. The van der Waals surface area contributed by atoms with Gasteiger partial charge < -0.3 is 14.7 Å². The van der Waals surface area contributed by atoms with Crippen LogP contribution in [0.1, 0.15) is 18.9 Å². The highest BCUT2D eigenvalue weighted by Gasteiger charge is 2.41. The van der Waals surface area contributed by atoms with Gasteiger partial charge in [0.05, 0.1) is 19.3 Å². The summed E-state index contributed by atoms with van der Waals surface area (Å²) in [5.74, 6) is -0.105. The van der Waals surface area contributed by atoms with Crippen LogP contribution < -0.4 is 4.74 Å². The normalized spacial score (nSPS) is 14.7. The maximum atomic E-state index is 12.8. The summed E-state index contributed by atoms with van der Waals surface area (Å²) in [7, 11) is 3.23. The van der Waals surface area contributed by atoms with Crippen LogP contribution >= 0.6 is 0 Å². The van der Waals surface area contributed by atoms with Crippen molar-refractivity contribution >= 4 is 17.4 Å². The van der Waals surface area contributed by atoms with E-state index in [9.17, 15) is 14.7 Å². The highest BCUT2D eigenvalue weighted by Crippen LogP contribution is 2.35. The zero-order valence-electron chi connectivity index (χ0n) is 13.7. The van der Waals surface area contributed by atoms with Gasteiger partial charge in [-0.15, -0.1) is 0 Å². The van der Waals surface area contributed by atoms with Crippen molar-refractivity contribution in [2.24, 2.45) is 0 Å². The van der Waals surface area contributed by atoms with Crippen molar-refractivity contribution in [1.29, 1.82) is 0 Å². The minimum atomic E-state index is -0.325. The van der Waals surface area contributed by atoms with Crippen LogP contribution in [0.5, 0.6) is 5.75 Å². The van der Waals surface area contributed by atoms with Crippen LogP contribution in [0.15, 0.2) is 30.0 Å². The molecule has 1 aromatic carbocycles. The van der Waals surface area contributed by atoms with E-state index in [1.54, 1.807) is 30.1 Å². The average Bonchev–Trinajstić information content (AvgIpc) is 2.80. The minimum absolute atomic E-state index is 0.103. The lowest BCUT2D eigenvalue weighted by atomic mass is 10.0. The van der Waals surface area contributed by atoms with E-state index >= 15 is 0 Å². The van der Waals surface area contributed by atoms with E-state index in [4.69, 9.17) is 4.74 Å². The topological polar surface area (TPSA) is 70.1 Å². The number of hydrogen-bond donors (Lipinski definition) is 1. The van der Waals surface area contributed by atoms with Gasteiger partial charge in [-0.25, -0.2) is 0 Å². The number of likely N-dealkylation sites (N-methyl/N-ethyl adjacent to an activating group) is 1. The molecule has 6 nitrogen and oxygen atoms in total. The van der Waals surface area contributed by atoms with Crippen LogP contribution in [-0.4, -0.2) is 60.6 Å². The van der Waals surface area contributed by atoms with Gasteiger partial charge in [0.15, 0.2) is 0 Å². The van der Waals surface area contributed by atoms with E-state index in [-0.39, 0.29) is 25.0 Å². The fourth-order valence-corrected chi connectivity index (χ4v) is 2.70. The second kappa shape index (κ2) is 7.28. The van der Waals surface area contributed by atoms with Gasteiger partial charge in [0.25, 0.3) is 11.8 Å². The van der Waals surface area contributed by atoms with Crippen molar-refractivity contribution in [1.82, 2.24) is 9.80 Å². The van der Waals surface area contributed by atoms with Gasteiger partial charge in [-0.2, -0.15) is 0 Å². The molecule has 0 aliphatic carbocycles. The molecule has 6 heteroatoms. The fourth-order valence-electron chi connectivity index (χ4n) is 2.70. The molecule has 0 saturated carbocycles. The number of imide groups is 1. The van der Waals surface area contributed by atoms with Crippen molar-refractivity contribution in [2.45, 2.75) is 13.3 Å². The van der Waals surface area contributed by atoms with Crippen molar-refractivity contribution in [3.8, 4) is 5.75 Å². The molecule has 2 rings (SSSR count). The molecule has 23 heavy (non-hydrogen) atoms. The molecule has 0 radical (unpaired) electrons. The van der Waals surface area contributed by atoms with Gasteiger partial charge in [-0.1, -0.05) is 25.1 Å². The Bertz CT molecular complexity index is 639. The summed E-state index contributed by atoms with van der Waals surface area (Å²) in [6.07, 6.45) is 0.688. The number of rotatable bonds is 7. The number of para-hydroxylation sites is 1. The van der Waals surface area contributed by atoms with E-state index < -0.39 is 0 Å². The van der Waals surface area contributed by atoms with E-state index in [1.807, 2.05) is 13.0 Å². The number of hydrogen-bond acceptors (Lipinski definition) is 5. The molecule has 0 spiro atoms. The molecule has 1 heterocycles. The van der Waals surface area contributed by atoms with Crippen LogP contribution in [0.2, 0.25) is 0 Å². The van der Waals surface area contributed by atoms with Crippen molar-refractivity contribution in [2.75, 3.05) is 33.9 Å². The van der Waals surface area contributed by atoms with Gasteiger partial charge in [0.2, 0.25) is 0 Å². The highest BCUT2D eigenvalue weighted by molar-refractivity contribution is 6.35. The van der Waals surface area contributed by atoms with Gasteiger partial charge in [-0.05, 0) is 12.5 Å². The number of aliphatic hydroxyl groups is 1. The number of ether oxygens (including phenoxy) is 1. The molecule has 1 N–H and O–H groups in total. The Morgan fingerprint density at radius 3 is 2.52 bits per heavy atom. The van der Waals surface area contributed by atoms with Crippen LogP contribution in [-0.2, 0) is 9.59 Å². The molecule has 124 valence electrons. The molecular weight excluding hydrogens is 296 g/mol. The quantitative estimate of drug-likeness (QED) is 0.763. The van der Waals surface area contributed by atoms with E-state index in [1.165, 1.54) is 12.0 Å². The first kappa shape index (κ1) is 17.0. The van der Waals surface area contributed by atoms with Crippen LogP contribution in [0.4, 0.5) is 0 Å². The van der Waals surface area contributed by atoms with E-state index in [0.717, 1.165) is 0 Å². The lowest BCUT2D eigenvalue weighted by Crippen LogP contribution is -2.35. The molecule has 0 bridgehead atoms. The van der Waals surface area contributed by atoms with Crippen molar-refractivity contribution in [3.05, 3.63) is 35.5 Å². The monoisotopic (exact) mass is 318 g/mol. The maximum Gasteiger partial charge on any atom is 0.277 e. The van der Waals surface area contributed by atoms with E-state index in [0.29, 0.717) is 35.5 Å². The third-order valence-corrected chi connectivity index (χ3v) is 3.78. The Morgan fingerprint density at radius 2 is 1.91 bits per heavy atom. The van der Waals surface area contributed by atoms with E-state index in [2.05, 4.69) is 0 Å². The van der Waals surface area contributed by atoms with Crippen LogP contribution in [0.3, 0.4) is 0 Å². The molecular formula is C17H22N2O4. The predicted octanol–water partition coefficient (Wildman–Crippen LogP) is 1.11. The lowest BCUT2D eigenvalue weighted by molar-refractivity contribution is -0.137. The first-order chi connectivity index (χ1) is 11.1. The molecule has 0 unspecified atom stereocenters. The minimum Gasteiger partial charge on any atom is -0.496 e. The Balaban J connectivity index is 2.60. The zero-order chi connectivity index (χ0) is 17.0. The standard InChI is InChI=1S/C17H22N2O4/c1-4-9-19-16(21)14(12-7-5-6-8-13(12)23-3)15(17(19)22)18(2)10-11-20/h5-8,20H,4,9-11H2,1-3H3. The molecule has 0 saturated heterocycles. The average molecular weight is 318 g/mol. The number of carbonyl (C=O) groups excluding carboxylic acids is 2. The fraction of sp³-hybridized carbons (Fsp3) is 0.412. The number of benzene rings is 1. The molecule has 1 aromatic rings. The SMILES string of the molecule is CCCN1C(=O)C(c2ccccc2OC)=C(N(C)CCO)C1=O. The van der Waals surface area contributed by atoms with Gasteiger partial charge in [-0.3, -0.25) is 14.5 Å². The summed E-state index contributed by atoms with van der Waals surface area (Å²) < 4.78 is 5.34. The van der Waals surface area contributed by atoms with Gasteiger partial charge >= 0.3 is 0 Å². The van der Waals surface area contributed by atoms with Crippen molar-refractivity contribution < 1.29 is 19.4 Å². The number of nitrogens with zero attached hydrogens (tertiary/aromatic N) is 2. The summed E-state index contributed by atoms with van der Waals surface area (Å²) in [6.45, 7) is 2.45. The highest BCUT2D eigenvalue weighted by atomic mass is 16.5. The first-order valence-electron chi connectivity index (χ1n) is 7.62. The van der Waals surface area contributed by atoms with Crippen molar-refractivity contribution in [3.63, 3.8) is 0 Å². The molecule has 0 atom stereocenters. The molecule has 1 aliphatic rings. The Morgan fingerprint density at radius 1 is 1.22 bits per heavy atom. The van der Waals surface area contributed by atoms with Crippen LogP contribution in [0, 0.1) is 0 Å². The summed E-state index contributed by atoms with van der Waals surface area (Å²) in [4.78, 5) is 28.4. The summed E-state index contributed by atoms with van der Waals surface area (Å²) in [5, 5.41) is 9.18. The third-order valence-electron chi connectivity index (χ3n) is 3.78.